The monoisotopic (exact) mass is 395 g/mol. The van der Waals surface area contributed by atoms with Gasteiger partial charge in [-0.1, -0.05) is 35.9 Å². The van der Waals surface area contributed by atoms with Crippen molar-refractivity contribution >= 4 is 17.7 Å². The highest BCUT2D eigenvalue weighted by Crippen LogP contribution is 2.52. The summed E-state index contributed by atoms with van der Waals surface area (Å²) >= 11 is 0. The minimum absolute atomic E-state index is 0.0300. The lowest BCUT2D eigenvalue weighted by atomic mass is 9.76. The largest absolute Gasteiger partial charge is 0.360 e. The zero-order valence-corrected chi connectivity index (χ0v) is 16.7. The Hall–Kier alpha value is -2.67. The van der Waals surface area contributed by atoms with Gasteiger partial charge < -0.3 is 19.9 Å². The van der Waals surface area contributed by atoms with Crippen molar-refractivity contribution in [1.29, 1.82) is 0 Å². The Morgan fingerprint density at radius 2 is 2.14 bits per heavy atom. The molecule has 1 spiro atoms. The van der Waals surface area contributed by atoms with Crippen LogP contribution < -0.4 is 5.32 Å². The van der Waals surface area contributed by atoms with Crippen LogP contribution in [0.3, 0.4) is 0 Å². The molecule has 0 aliphatic carbocycles. The summed E-state index contributed by atoms with van der Waals surface area (Å²) in [5, 5.41) is 2.74. The number of carbonyl (C=O) groups excluding carboxylic acids is 3. The Labute approximate surface area is 169 Å². The van der Waals surface area contributed by atoms with Gasteiger partial charge in [0.05, 0.1) is 31.0 Å². The van der Waals surface area contributed by atoms with Gasteiger partial charge in [0.15, 0.2) is 0 Å². The number of carbonyl (C=O) groups is 3. The fraction of sp³-hybridized carbons (Fsp3) is 0.500. The van der Waals surface area contributed by atoms with Crippen molar-refractivity contribution in [3.05, 3.63) is 47.0 Å². The third-order valence-corrected chi connectivity index (χ3v) is 6.68. The summed E-state index contributed by atoms with van der Waals surface area (Å²) in [6.07, 6.45) is 3.50. The molecule has 7 nitrogen and oxygen atoms in total. The van der Waals surface area contributed by atoms with Gasteiger partial charge in [0.1, 0.15) is 5.60 Å². The summed E-state index contributed by atoms with van der Waals surface area (Å²) < 4.78 is 6.21. The Bertz CT molecular complexity index is 942. The molecule has 4 aliphatic rings. The van der Waals surface area contributed by atoms with Crippen LogP contribution in [0.4, 0.5) is 0 Å². The van der Waals surface area contributed by atoms with Gasteiger partial charge in [-0.15, -0.1) is 0 Å². The first-order valence-corrected chi connectivity index (χ1v) is 10.2. The van der Waals surface area contributed by atoms with Crippen LogP contribution in [0.5, 0.6) is 0 Å². The topological polar surface area (TPSA) is 79.0 Å². The van der Waals surface area contributed by atoms with E-state index in [0.29, 0.717) is 26.2 Å². The molecular weight excluding hydrogens is 370 g/mol. The Kier molecular flexibility index (Phi) is 4.07. The van der Waals surface area contributed by atoms with Crippen molar-refractivity contribution in [3.8, 4) is 0 Å². The van der Waals surface area contributed by atoms with Crippen LogP contribution in [0.1, 0.15) is 16.7 Å². The number of aryl methyl sites for hydroxylation is 2. The minimum Gasteiger partial charge on any atom is -0.360 e. The number of benzene rings is 1. The number of piperazine rings is 1. The van der Waals surface area contributed by atoms with Crippen LogP contribution in [0.2, 0.25) is 0 Å². The van der Waals surface area contributed by atoms with Crippen molar-refractivity contribution in [3.63, 3.8) is 0 Å². The van der Waals surface area contributed by atoms with E-state index >= 15 is 0 Å². The molecule has 7 heteroatoms. The van der Waals surface area contributed by atoms with E-state index in [2.05, 4.69) is 23.5 Å². The summed E-state index contributed by atoms with van der Waals surface area (Å²) in [5.41, 5.74) is 2.69. The molecule has 3 amide bonds. The average molecular weight is 395 g/mol. The van der Waals surface area contributed by atoms with E-state index in [1.54, 1.807) is 4.90 Å². The molecule has 3 saturated heterocycles. The number of hydrogen-bond acceptors (Lipinski definition) is 4. The zero-order valence-electron chi connectivity index (χ0n) is 16.7. The van der Waals surface area contributed by atoms with Gasteiger partial charge in [-0.3, -0.25) is 14.4 Å². The lowest BCUT2D eigenvalue weighted by Crippen LogP contribution is -2.54. The van der Waals surface area contributed by atoms with Crippen molar-refractivity contribution in [2.24, 2.45) is 11.8 Å². The fourth-order valence-electron chi connectivity index (χ4n) is 5.21. The minimum atomic E-state index is -0.724. The second-order valence-electron chi connectivity index (χ2n) is 8.63. The molecule has 5 rings (SSSR count). The molecule has 2 unspecified atom stereocenters. The zero-order chi connectivity index (χ0) is 20.3. The quantitative estimate of drug-likeness (QED) is 0.758. The maximum atomic E-state index is 13.4. The molecule has 0 aromatic heterocycles. The number of rotatable bonds is 3. The molecule has 1 aromatic carbocycles. The van der Waals surface area contributed by atoms with Crippen LogP contribution in [0.15, 0.2) is 30.4 Å². The van der Waals surface area contributed by atoms with Gasteiger partial charge in [-0.05, 0) is 25.0 Å². The van der Waals surface area contributed by atoms with Crippen LogP contribution in [-0.4, -0.2) is 65.4 Å². The van der Waals surface area contributed by atoms with Crippen LogP contribution in [0, 0.1) is 25.7 Å². The molecule has 1 aromatic rings. The van der Waals surface area contributed by atoms with E-state index in [4.69, 9.17) is 4.74 Å². The van der Waals surface area contributed by atoms with E-state index in [-0.39, 0.29) is 30.4 Å². The Morgan fingerprint density at radius 3 is 2.93 bits per heavy atom. The number of fused-ring (bicyclic) bond motifs is 1. The molecule has 4 aliphatic heterocycles. The molecule has 0 radical (unpaired) electrons. The number of hydrogen-bond donors (Lipinski definition) is 1. The fourth-order valence-corrected chi connectivity index (χ4v) is 5.21. The number of likely N-dealkylation sites (tertiary alicyclic amines) is 1. The van der Waals surface area contributed by atoms with E-state index in [0.717, 1.165) is 16.7 Å². The molecule has 2 bridgehead atoms. The van der Waals surface area contributed by atoms with Gasteiger partial charge in [-0.25, -0.2) is 0 Å². The molecule has 3 fully saturated rings. The first-order valence-electron chi connectivity index (χ1n) is 10.2. The van der Waals surface area contributed by atoms with Crippen molar-refractivity contribution in [2.45, 2.75) is 32.1 Å². The van der Waals surface area contributed by atoms with Gasteiger partial charge >= 0.3 is 0 Å². The third kappa shape index (κ3) is 2.79. The third-order valence-electron chi connectivity index (χ3n) is 6.68. The smallest absolute Gasteiger partial charge is 0.239 e. The molecule has 152 valence electrons. The normalized spacial score (nSPS) is 32.7. The lowest BCUT2D eigenvalue weighted by molar-refractivity contribution is -0.146. The van der Waals surface area contributed by atoms with Crippen molar-refractivity contribution in [1.82, 2.24) is 15.1 Å². The molecule has 4 heterocycles. The number of nitrogens with zero attached hydrogens (tertiary/aromatic N) is 2. The lowest BCUT2D eigenvalue weighted by Gasteiger charge is -2.32. The maximum absolute atomic E-state index is 13.4. The van der Waals surface area contributed by atoms with E-state index in [9.17, 15) is 14.4 Å². The predicted molar refractivity (Wildman–Crippen MR) is 105 cm³/mol. The number of nitrogens with one attached hydrogen (secondary N) is 1. The SMILES string of the molecule is Cc1ccc(C)c(CN2C[C@]34C=C[C@H](O3)C(C(=O)N3CCNC(=O)C3)C4C2=O)c1. The first kappa shape index (κ1) is 18.4. The van der Waals surface area contributed by atoms with Gasteiger partial charge in [0, 0.05) is 19.6 Å². The molecule has 4 atom stereocenters. The first-order chi connectivity index (χ1) is 13.9. The van der Waals surface area contributed by atoms with Gasteiger partial charge in [0.2, 0.25) is 17.7 Å². The highest BCUT2D eigenvalue weighted by atomic mass is 16.5. The molecule has 1 N–H and O–H groups in total. The van der Waals surface area contributed by atoms with Crippen LogP contribution in [0.25, 0.3) is 0 Å². The molecular formula is C22H25N3O4. The van der Waals surface area contributed by atoms with Crippen LogP contribution >= 0.6 is 0 Å². The number of amides is 3. The second kappa shape index (κ2) is 6.42. The van der Waals surface area contributed by atoms with Gasteiger partial charge in [-0.2, -0.15) is 0 Å². The summed E-state index contributed by atoms with van der Waals surface area (Å²) in [5.74, 6) is -1.41. The molecule has 29 heavy (non-hydrogen) atoms. The van der Waals surface area contributed by atoms with Crippen molar-refractivity contribution < 1.29 is 19.1 Å². The number of ether oxygens (including phenoxy) is 1. The Morgan fingerprint density at radius 1 is 1.31 bits per heavy atom. The van der Waals surface area contributed by atoms with Crippen molar-refractivity contribution in [2.75, 3.05) is 26.2 Å². The second-order valence-corrected chi connectivity index (χ2v) is 8.63. The van der Waals surface area contributed by atoms with E-state index in [1.807, 2.05) is 30.9 Å². The van der Waals surface area contributed by atoms with Crippen LogP contribution in [-0.2, 0) is 25.7 Å². The van der Waals surface area contributed by atoms with E-state index < -0.39 is 17.4 Å². The summed E-state index contributed by atoms with van der Waals surface area (Å²) in [6, 6.07) is 6.24. The summed E-state index contributed by atoms with van der Waals surface area (Å²) in [7, 11) is 0. The highest BCUT2D eigenvalue weighted by molar-refractivity contribution is 5.94. The molecule has 0 saturated carbocycles. The average Bonchev–Trinajstić information content (AvgIpc) is 3.33. The highest BCUT2D eigenvalue weighted by Gasteiger charge is 2.67. The maximum Gasteiger partial charge on any atom is 0.239 e. The summed E-state index contributed by atoms with van der Waals surface area (Å²) in [4.78, 5) is 41.8. The predicted octanol–water partition coefficient (Wildman–Crippen LogP) is 0.544. The van der Waals surface area contributed by atoms with E-state index in [1.165, 1.54) is 0 Å². The van der Waals surface area contributed by atoms with Gasteiger partial charge in [0.25, 0.3) is 0 Å². The standard InChI is InChI=1S/C22H25N3O4/c1-13-3-4-14(2)15(9-13)10-25-12-22-6-5-16(29-22)18(19(22)21(25)28)20(27)24-8-7-23-17(26)11-24/h3-6,9,16,18-19H,7-8,10-12H2,1-2H3,(H,23,26)/t16-,18?,19?,22-/m0/s1. The Balaban J connectivity index is 1.40. The summed E-state index contributed by atoms with van der Waals surface area (Å²) in [6.45, 7) is 6.02.